The zero-order valence-corrected chi connectivity index (χ0v) is 6.54. The SMILES string of the molecule is C=CCC(=CO)C(=O)OCC. The molecule has 0 rings (SSSR count). The molecule has 0 aliphatic rings. The van der Waals surface area contributed by atoms with Crippen molar-refractivity contribution in [3.63, 3.8) is 0 Å². The van der Waals surface area contributed by atoms with Crippen LogP contribution in [0.25, 0.3) is 0 Å². The summed E-state index contributed by atoms with van der Waals surface area (Å²) in [5.41, 5.74) is 0.224. The fraction of sp³-hybridized carbons (Fsp3) is 0.375. The van der Waals surface area contributed by atoms with Gasteiger partial charge < -0.3 is 9.84 Å². The third-order valence-electron chi connectivity index (χ3n) is 1.06. The summed E-state index contributed by atoms with van der Waals surface area (Å²) in [6.45, 7) is 5.45. The molecule has 0 fully saturated rings. The Labute approximate surface area is 66.0 Å². The topological polar surface area (TPSA) is 46.5 Å². The Morgan fingerprint density at radius 2 is 2.36 bits per heavy atom. The van der Waals surface area contributed by atoms with Gasteiger partial charge in [0.1, 0.15) is 0 Å². The molecule has 11 heavy (non-hydrogen) atoms. The molecule has 0 aromatic rings. The Morgan fingerprint density at radius 1 is 1.73 bits per heavy atom. The van der Waals surface area contributed by atoms with Gasteiger partial charge in [0.2, 0.25) is 0 Å². The summed E-state index contributed by atoms with van der Waals surface area (Å²) in [5, 5.41) is 8.54. The van der Waals surface area contributed by atoms with Gasteiger partial charge in [-0.3, -0.25) is 0 Å². The van der Waals surface area contributed by atoms with Gasteiger partial charge >= 0.3 is 5.97 Å². The molecule has 0 aromatic heterocycles. The van der Waals surface area contributed by atoms with E-state index in [-0.39, 0.29) is 5.57 Å². The summed E-state index contributed by atoms with van der Waals surface area (Å²) in [7, 11) is 0. The molecule has 1 N–H and O–H groups in total. The van der Waals surface area contributed by atoms with E-state index in [1.807, 2.05) is 0 Å². The molecule has 0 saturated heterocycles. The maximum absolute atomic E-state index is 10.9. The highest BCUT2D eigenvalue weighted by Gasteiger charge is 2.07. The van der Waals surface area contributed by atoms with Gasteiger partial charge in [-0.05, 0) is 6.92 Å². The second kappa shape index (κ2) is 5.53. The Hall–Kier alpha value is -1.25. The van der Waals surface area contributed by atoms with Crippen LogP contribution < -0.4 is 0 Å². The molecule has 0 aliphatic heterocycles. The van der Waals surface area contributed by atoms with Gasteiger partial charge in [-0.15, -0.1) is 6.58 Å². The molecule has 0 saturated carbocycles. The van der Waals surface area contributed by atoms with E-state index >= 15 is 0 Å². The van der Waals surface area contributed by atoms with E-state index in [1.54, 1.807) is 6.92 Å². The number of aliphatic hydroxyl groups is 1. The largest absolute Gasteiger partial charge is 0.515 e. The maximum atomic E-state index is 10.9. The molecule has 0 aliphatic carbocycles. The van der Waals surface area contributed by atoms with Crippen LogP contribution in [-0.2, 0) is 9.53 Å². The maximum Gasteiger partial charge on any atom is 0.337 e. The minimum atomic E-state index is -0.491. The smallest absolute Gasteiger partial charge is 0.337 e. The first kappa shape index (κ1) is 9.75. The predicted octanol–water partition coefficient (Wildman–Crippen LogP) is 1.57. The Kier molecular flexibility index (Phi) is 4.90. The average molecular weight is 156 g/mol. The third-order valence-corrected chi connectivity index (χ3v) is 1.06. The molecule has 0 radical (unpaired) electrons. The van der Waals surface area contributed by atoms with E-state index in [9.17, 15) is 4.79 Å². The number of ether oxygens (including phenoxy) is 1. The Morgan fingerprint density at radius 3 is 2.73 bits per heavy atom. The molecule has 62 valence electrons. The van der Waals surface area contributed by atoms with Crippen molar-refractivity contribution in [1.82, 2.24) is 0 Å². The van der Waals surface area contributed by atoms with Crippen LogP contribution in [0.2, 0.25) is 0 Å². The van der Waals surface area contributed by atoms with Crippen LogP contribution in [0.1, 0.15) is 13.3 Å². The molecule has 0 aromatic carbocycles. The average Bonchev–Trinajstić information content (AvgIpc) is 2.00. The number of rotatable bonds is 4. The monoisotopic (exact) mass is 156 g/mol. The lowest BCUT2D eigenvalue weighted by atomic mass is 10.2. The predicted molar refractivity (Wildman–Crippen MR) is 42.2 cm³/mol. The number of hydrogen-bond donors (Lipinski definition) is 1. The zero-order valence-electron chi connectivity index (χ0n) is 6.54. The van der Waals surface area contributed by atoms with Gasteiger partial charge in [-0.2, -0.15) is 0 Å². The molecule has 0 bridgehead atoms. The van der Waals surface area contributed by atoms with Gasteiger partial charge in [0, 0.05) is 6.42 Å². The van der Waals surface area contributed by atoms with Gasteiger partial charge in [0.25, 0.3) is 0 Å². The first-order valence-electron chi connectivity index (χ1n) is 3.37. The van der Waals surface area contributed by atoms with Gasteiger partial charge in [-0.1, -0.05) is 6.08 Å². The number of carbonyl (C=O) groups is 1. The number of carbonyl (C=O) groups excluding carboxylic acids is 1. The standard InChI is InChI=1S/C8H12O3/c1-3-5-7(6-9)8(10)11-4-2/h3,6,9H,1,4-5H2,2H3. The molecule has 0 spiro atoms. The molecule has 3 nitrogen and oxygen atoms in total. The molecule has 0 unspecified atom stereocenters. The third kappa shape index (κ3) is 3.45. The van der Waals surface area contributed by atoms with E-state index in [2.05, 4.69) is 11.3 Å². The summed E-state index contributed by atoms with van der Waals surface area (Å²) < 4.78 is 4.63. The quantitative estimate of drug-likeness (QED) is 0.291. The van der Waals surface area contributed by atoms with Crippen molar-refractivity contribution < 1.29 is 14.6 Å². The summed E-state index contributed by atoms with van der Waals surface area (Å²) >= 11 is 0. The zero-order chi connectivity index (χ0) is 8.69. The first-order chi connectivity index (χ1) is 5.26. The summed E-state index contributed by atoms with van der Waals surface area (Å²) in [5.74, 6) is -0.491. The van der Waals surface area contributed by atoms with Crippen LogP contribution in [0.4, 0.5) is 0 Å². The summed E-state index contributed by atoms with van der Waals surface area (Å²) in [6.07, 6.45) is 2.61. The van der Waals surface area contributed by atoms with E-state index in [1.165, 1.54) is 6.08 Å². The van der Waals surface area contributed by atoms with Gasteiger partial charge in [-0.25, -0.2) is 4.79 Å². The van der Waals surface area contributed by atoms with E-state index < -0.39 is 5.97 Å². The van der Waals surface area contributed by atoms with Crippen molar-refractivity contribution in [2.24, 2.45) is 0 Å². The highest BCUT2D eigenvalue weighted by molar-refractivity contribution is 5.88. The van der Waals surface area contributed by atoms with Crippen molar-refractivity contribution in [2.45, 2.75) is 13.3 Å². The number of hydrogen-bond acceptors (Lipinski definition) is 3. The lowest BCUT2D eigenvalue weighted by Gasteiger charge is -2.01. The number of esters is 1. The highest BCUT2D eigenvalue weighted by Crippen LogP contribution is 2.02. The fourth-order valence-corrected chi connectivity index (χ4v) is 0.568. The van der Waals surface area contributed by atoms with Crippen LogP contribution in [0.5, 0.6) is 0 Å². The lowest BCUT2D eigenvalue weighted by Crippen LogP contribution is -2.06. The molecule has 3 heteroatoms. The van der Waals surface area contributed by atoms with Crippen molar-refractivity contribution in [3.8, 4) is 0 Å². The van der Waals surface area contributed by atoms with Crippen molar-refractivity contribution in [1.29, 1.82) is 0 Å². The molecule has 0 heterocycles. The summed E-state index contributed by atoms with van der Waals surface area (Å²) in [4.78, 5) is 10.9. The Bertz CT molecular complexity index is 170. The minimum absolute atomic E-state index is 0.224. The fourth-order valence-electron chi connectivity index (χ4n) is 0.568. The normalized spacial score (nSPS) is 10.8. The van der Waals surface area contributed by atoms with Crippen molar-refractivity contribution in [2.75, 3.05) is 6.61 Å². The lowest BCUT2D eigenvalue weighted by molar-refractivity contribution is -0.138. The second-order valence-corrected chi connectivity index (χ2v) is 1.87. The van der Waals surface area contributed by atoms with Crippen LogP contribution in [0.15, 0.2) is 24.5 Å². The van der Waals surface area contributed by atoms with Gasteiger partial charge in [0.05, 0.1) is 18.4 Å². The van der Waals surface area contributed by atoms with Crippen LogP contribution in [-0.4, -0.2) is 17.7 Å². The molecular weight excluding hydrogens is 144 g/mol. The van der Waals surface area contributed by atoms with Crippen LogP contribution >= 0.6 is 0 Å². The molecule has 0 atom stereocenters. The van der Waals surface area contributed by atoms with E-state index in [4.69, 9.17) is 5.11 Å². The summed E-state index contributed by atoms with van der Waals surface area (Å²) in [6, 6.07) is 0. The van der Waals surface area contributed by atoms with E-state index in [0.717, 1.165) is 6.26 Å². The minimum Gasteiger partial charge on any atom is -0.515 e. The molecule has 0 amide bonds. The van der Waals surface area contributed by atoms with E-state index in [0.29, 0.717) is 13.0 Å². The van der Waals surface area contributed by atoms with Crippen LogP contribution in [0, 0.1) is 0 Å². The van der Waals surface area contributed by atoms with Crippen molar-refractivity contribution in [3.05, 3.63) is 24.5 Å². The van der Waals surface area contributed by atoms with Crippen molar-refractivity contribution >= 4 is 5.97 Å². The molecular formula is C8H12O3. The highest BCUT2D eigenvalue weighted by atomic mass is 16.5. The van der Waals surface area contributed by atoms with Crippen LogP contribution in [0.3, 0.4) is 0 Å². The number of allylic oxidation sites excluding steroid dienone is 1. The Balaban J connectivity index is 4.04. The number of aliphatic hydroxyl groups excluding tert-OH is 1. The van der Waals surface area contributed by atoms with Gasteiger partial charge in [0.15, 0.2) is 0 Å². The second-order valence-electron chi connectivity index (χ2n) is 1.87. The first-order valence-corrected chi connectivity index (χ1v) is 3.37.